The minimum Gasteiger partial charge on any atom is -0.388 e. The van der Waals surface area contributed by atoms with E-state index in [0.29, 0.717) is 0 Å². The molecule has 11 nitrogen and oxygen atoms in total. The normalized spacial score (nSPS) is 39.8. The van der Waals surface area contributed by atoms with Crippen LogP contribution in [0.1, 0.15) is 6.92 Å². The van der Waals surface area contributed by atoms with Gasteiger partial charge in [-0.25, -0.2) is 9.13 Å². The van der Waals surface area contributed by atoms with Crippen LogP contribution < -0.4 is 0 Å². The Hall–Kier alpha value is 0.1000. The Morgan fingerprint density at radius 2 is 1.53 bits per heavy atom. The van der Waals surface area contributed by atoms with Crippen LogP contribution >= 0.6 is 15.6 Å². The molecule has 114 valence electrons. The first-order valence-electron chi connectivity index (χ1n) is 4.91. The molecule has 1 rings (SSSR count). The first kappa shape index (κ1) is 17.2. The van der Waals surface area contributed by atoms with Gasteiger partial charge in [-0.2, -0.15) is 4.31 Å². The van der Waals surface area contributed by atoms with Crippen molar-refractivity contribution < 1.29 is 52.7 Å². The van der Waals surface area contributed by atoms with Crippen molar-refractivity contribution >= 4 is 15.6 Å². The number of aliphatic hydroxyl groups is 3. The van der Waals surface area contributed by atoms with Gasteiger partial charge in [-0.05, 0) is 6.92 Å². The molecule has 0 bridgehead atoms. The van der Waals surface area contributed by atoms with E-state index in [0.717, 1.165) is 0 Å². The third kappa shape index (κ3) is 4.85. The Bertz CT molecular complexity index is 406. The van der Waals surface area contributed by atoms with E-state index in [-0.39, 0.29) is 0 Å². The number of hydrogen-bond acceptors (Lipinski definition) is 8. The average molecular weight is 324 g/mol. The number of rotatable bonds is 4. The van der Waals surface area contributed by atoms with Crippen LogP contribution in [0, 0.1) is 0 Å². The second kappa shape index (κ2) is 5.84. The molecule has 0 aromatic carbocycles. The summed E-state index contributed by atoms with van der Waals surface area (Å²) in [5.74, 6) is 0. The van der Waals surface area contributed by atoms with Crippen LogP contribution in [0.25, 0.3) is 0 Å². The Labute approximate surface area is 107 Å². The number of phosphoric acid groups is 2. The molecule has 0 amide bonds. The maximum Gasteiger partial charge on any atom is 0.483 e. The van der Waals surface area contributed by atoms with Crippen LogP contribution in [0.2, 0.25) is 0 Å². The fraction of sp³-hybridized carbons (Fsp3) is 1.00. The SMILES string of the molecule is C[C@H]1O[C@H](OP(=O)(O)OP(=O)(O)O)[C@H](O)[C@@H](O)[C@@H]1O. The van der Waals surface area contributed by atoms with Gasteiger partial charge in [0.25, 0.3) is 0 Å². The second-order valence-electron chi connectivity index (χ2n) is 3.83. The number of ether oxygens (including phenoxy) is 1. The molecule has 1 aliphatic rings. The van der Waals surface area contributed by atoms with Crippen LogP contribution in [0.4, 0.5) is 0 Å². The van der Waals surface area contributed by atoms with Gasteiger partial charge < -0.3 is 34.7 Å². The van der Waals surface area contributed by atoms with E-state index in [1.807, 2.05) is 0 Å². The van der Waals surface area contributed by atoms with Crippen LogP contribution in [0.3, 0.4) is 0 Å². The Morgan fingerprint density at radius 3 is 2.00 bits per heavy atom. The third-order valence-electron chi connectivity index (χ3n) is 2.26. The van der Waals surface area contributed by atoms with Crippen molar-refractivity contribution in [3.8, 4) is 0 Å². The summed E-state index contributed by atoms with van der Waals surface area (Å²) in [5.41, 5.74) is 0. The topological polar surface area (TPSA) is 183 Å². The van der Waals surface area contributed by atoms with Crippen molar-refractivity contribution in [3.05, 3.63) is 0 Å². The molecule has 1 aliphatic heterocycles. The lowest BCUT2D eigenvalue weighted by Crippen LogP contribution is -2.57. The molecule has 0 aromatic heterocycles. The molecule has 6 N–H and O–H groups in total. The number of aliphatic hydroxyl groups excluding tert-OH is 3. The maximum atomic E-state index is 11.2. The minimum atomic E-state index is -5.30. The summed E-state index contributed by atoms with van der Waals surface area (Å²) in [6, 6.07) is 0. The molecular formula is C6H14O11P2. The van der Waals surface area contributed by atoms with Gasteiger partial charge in [0.2, 0.25) is 0 Å². The molecule has 0 spiro atoms. The fourth-order valence-corrected chi connectivity index (χ4v) is 3.05. The summed E-state index contributed by atoms with van der Waals surface area (Å²) in [5, 5.41) is 28.2. The van der Waals surface area contributed by atoms with Gasteiger partial charge in [0.05, 0.1) is 6.10 Å². The lowest BCUT2D eigenvalue weighted by Gasteiger charge is -2.38. The molecule has 0 radical (unpaired) electrons. The van der Waals surface area contributed by atoms with Crippen LogP contribution in [-0.4, -0.2) is 60.7 Å². The standard InChI is InChI=1S/C6H14O11P2/c1-2-3(7)4(8)5(9)6(15-2)16-19(13,14)17-18(10,11)12/h2-9H,1H3,(H,13,14)(H2,10,11,12)/t2-,3-,4+,5-,6-/m1/s1. The van der Waals surface area contributed by atoms with Crippen molar-refractivity contribution in [2.24, 2.45) is 0 Å². The highest BCUT2D eigenvalue weighted by Gasteiger charge is 2.46. The summed E-state index contributed by atoms with van der Waals surface area (Å²) in [6.07, 6.45) is -8.07. The number of hydrogen-bond donors (Lipinski definition) is 6. The van der Waals surface area contributed by atoms with Crippen molar-refractivity contribution in [2.75, 3.05) is 0 Å². The lowest BCUT2D eigenvalue weighted by atomic mass is 10.0. The summed E-state index contributed by atoms with van der Waals surface area (Å²) in [6.45, 7) is 1.28. The van der Waals surface area contributed by atoms with Crippen LogP contribution in [0.15, 0.2) is 0 Å². The van der Waals surface area contributed by atoms with Crippen molar-refractivity contribution in [3.63, 3.8) is 0 Å². The quantitative estimate of drug-likeness (QED) is 0.316. The third-order valence-corrected chi connectivity index (χ3v) is 4.41. The van der Waals surface area contributed by atoms with E-state index < -0.39 is 46.4 Å². The van der Waals surface area contributed by atoms with Gasteiger partial charge in [0, 0.05) is 0 Å². The smallest absolute Gasteiger partial charge is 0.388 e. The summed E-state index contributed by atoms with van der Waals surface area (Å²) >= 11 is 0. The highest BCUT2D eigenvalue weighted by atomic mass is 31.3. The van der Waals surface area contributed by atoms with E-state index in [1.54, 1.807) is 0 Å². The van der Waals surface area contributed by atoms with Crippen molar-refractivity contribution in [1.29, 1.82) is 0 Å². The zero-order valence-corrected chi connectivity index (χ0v) is 11.3. The molecule has 6 atom stereocenters. The monoisotopic (exact) mass is 324 g/mol. The largest absolute Gasteiger partial charge is 0.483 e. The Kier molecular flexibility index (Phi) is 5.27. The molecule has 19 heavy (non-hydrogen) atoms. The molecular weight excluding hydrogens is 310 g/mol. The Balaban J connectivity index is 2.76. The maximum absolute atomic E-state index is 11.2. The van der Waals surface area contributed by atoms with E-state index in [4.69, 9.17) is 19.4 Å². The summed E-state index contributed by atoms with van der Waals surface area (Å²) in [7, 11) is -10.5. The van der Waals surface area contributed by atoms with Gasteiger partial charge in [-0.3, -0.25) is 4.52 Å². The molecule has 0 aliphatic carbocycles. The lowest BCUT2D eigenvalue weighted by molar-refractivity contribution is -0.271. The molecule has 13 heteroatoms. The second-order valence-corrected chi connectivity index (χ2v) is 6.61. The molecule has 1 fully saturated rings. The van der Waals surface area contributed by atoms with E-state index in [9.17, 15) is 24.4 Å². The molecule has 1 saturated heterocycles. The zero-order chi connectivity index (χ0) is 15.0. The Morgan fingerprint density at radius 1 is 1.00 bits per heavy atom. The van der Waals surface area contributed by atoms with Crippen LogP contribution in [-0.2, 0) is 22.7 Å². The minimum absolute atomic E-state index is 1.06. The summed E-state index contributed by atoms with van der Waals surface area (Å²) in [4.78, 5) is 25.8. The number of phosphoric ester groups is 1. The van der Waals surface area contributed by atoms with Crippen molar-refractivity contribution in [1.82, 2.24) is 0 Å². The van der Waals surface area contributed by atoms with E-state index >= 15 is 0 Å². The predicted octanol–water partition coefficient (Wildman–Crippen LogP) is -1.96. The molecule has 0 saturated carbocycles. The first-order valence-corrected chi connectivity index (χ1v) is 7.93. The highest BCUT2D eigenvalue weighted by Crippen LogP contribution is 2.58. The molecule has 1 unspecified atom stereocenters. The molecule has 1 heterocycles. The van der Waals surface area contributed by atoms with Crippen LogP contribution in [0.5, 0.6) is 0 Å². The van der Waals surface area contributed by atoms with Gasteiger partial charge in [0.1, 0.15) is 18.3 Å². The molecule has 0 aromatic rings. The van der Waals surface area contributed by atoms with E-state index in [1.165, 1.54) is 6.92 Å². The van der Waals surface area contributed by atoms with Gasteiger partial charge in [0.15, 0.2) is 6.29 Å². The fourth-order valence-electron chi connectivity index (χ4n) is 1.39. The predicted molar refractivity (Wildman–Crippen MR) is 56.4 cm³/mol. The zero-order valence-electron chi connectivity index (χ0n) is 9.51. The van der Waals surface area contributed by atoms with E-state index in [2.05, 4.69) is 8.83 Å². The van der Waals surface area contributed by atoms with Gasteiger partial charge >= 0.3 is 15.6 Å². The average Bonchev–Trinajstić information content (AvgIpc) is 2.19. The first-order chi connectivity index (χ1) is 8.43. The van der Waals surface area contributed by atoms with Gasteiger partial charge in [-0.1, -0.05) is 0 Å². The van der Waals surface area contributed by atoms with Crippen molar-refractivity contribution in [2.45, 2.75) is 37.6 Å². The highest BCUT2D eigenvalue weighted by molar-refractivity contribution is 7.60. The summed E-state index contributed by atoms with van der Waals surface area (Å²) < 4.78 is 34.1. The van der Waals surface area contributed by atoms with Gasteiger partial charge in [-0.15, -0.1) is 0 Å².